The van der Waals surface area contributed by atoms with Crippen LogP contribution in [0.3, 0.4) is 0 Å². The number of aryl methyl sites for hydroxylation is 1. The molecule has 1 unspecified atom stereocenters. The molecule has 0 bridgehead atoms. The fourth-order valence-corrected chi connectivity index (χ4v) is 5.13. The molecule has 0 radical (unpaired) electrons. The molecule has 2 aromatic rings. The standard InChI is InChI=1S/C30H38N4O5/c1-5-34-25(20-32-16-7-17-33(19-18-32)28(35)23-10-8-21(3)9-11-23)26(29(36)39-6-2)27(31-30(34)37)22-12-14-24(38-4)15-13-22/h8-15,27H,5-7,16-20H2,1-4H3,(H,31,37). The molecule has 2 aliphatic heterocycles. The van der Waals surface area contributed by atoms with Crippen LogP contribution < -0.4 is 10.1 Å². The maximum atomic E-state index is 13.4. The van der Waals surface area contributed by atoms with E-state index in [1.807, 2.05) is 67.3 Å². The largest absolute Gasteiger partial charge is 0.497 e. The predicted molar refractivity (Wildman–Crippen MR) is 148 cm³/mol. The molecule has 2 aliphatic rings. The highest BCUT2D eigenvalue weighted by atomic mass is 16.5. The first-order valence-electron chi connectivity index (χ1n) is 13.6. The molecule has 3 amide bonds. The molecule has 0 aliphatic carbocycles. The second kappa shape index (κ2) is 12.8. The van der Waals surface area contributed by atoms with E-state index < -0.39 is 12.0 Å². The molecule has 0 spiro atoms. The van der Waals surface area contributed by atoms with Crippen LogP contribution in [0.5, 0.6) is 5.75 Å². The van der Waals surface area contributed by atoms with Crippen molar-refractivity contribution in [3.8, 4) is 5.75 Å². The molecule has 1 atom stereocenters. The lowest BCUT2D eigenvalue weighted by atomic mass is 9.94. The van der Waals surface area contributed by atoms with E-state index in [0.29, 0.717) is 55.3 Å². The van der Waals surface area contributed by atoms with Crippen molar-refractivity contribution in [2.45, 2.75) is 33.2 Å². The van der Waals surface area contributed by atoms with Gasteiger partial charge in [-0.15, -0.1) is 0 Å². The van der Waals surface area contributed by atoms with E-state index in [0.717, 1.165) is 24.1 Å². The van der Waals surface area contributed by atoms with E-state index in [9.17, 15) is 14.4 Å². The van der Waals surface area contributed by atoms with Crippen LogP contribution in [0.1, 0.15) is 47.8 Å². The van der Waals surface area contributed by atoms with Gasteiger partial charge in [0.05, 0.1) is 25.3 Å². The minimum absolute atomic E-state index is 0.0232. The van der Waals surface area contributed by atoms with Gasteiger partial charge in [-0.3, -0.25) is 14.6 Å². The highest BCUT2D eigenvalue weighted by molar-refractivity contribution is 5.95. The second-order valence-corrected chi connectivity index (χ2v) is 9.77. The molecule has 4 rings (SSSR count). The van der Waals surface area contributed by atoms with Crippen LogP contribution in [0.25, 0.3) is 0 Å². The third-order valence-corrected chi connectivity index (χ3v) is 7.25. The Morgan fingerprint density at radius 1 is 0.974 bits per heavy atom. The second-order valence-electron chi connectivity index (χ2n) is 9.77. The number of esters is 1. The minimum atomic E-state index is -0.646. The summed E-state index contributed by atoms with van der Waals surface area (Å²) >= 11 is 0. The summed E-state index contributed by atoms with van der Waals surface area (Å²) < 4.78 is 10.8. The lowest BCUT2D eigenvalue weighted by molar-refractivity contribution is -0.139. The topological polar surface area (TPSA) is 91.4 Å². The number of likely N-dealkylation sites (N-methyl/N-ethyl adjacent to an activating group) is 1. The lowest BCUT2D eigenvalue weighted by Crippen LogP contribution is -2.51. The molecule has 9 heteroatoms. The maximum absolute atomic E-state index is 13.4. The Labute approximate surface area is 230 Å². The smallest absolute Gasteiger partial charge is 0.338 e. The van der Waals surface area contributed by atoms with Gasteiger partial charge in [0, 0.05) is 50.5 Å². The highest BCUT2D eigenvalue weighted by Crippen LogP contribution is 2.33. The number of hydrogen-bond acceptors (Lipinski definition) is 6. The van der Waals surface area contributed by atoms with Crippen LogP contribution in [0.15, 0.2) is 59.8 Å². The summed E-state index contributed by atoms with van der Waals surface area (Å²) in [7, 11) is 1.59. The SMILES string of the molecule is CCOC(=O)C1=C(CN2CCCN(C(=O)c3ccc(C)cc3)CC2)N(CC)C(=O)NC1c1ccc(OC)cc1. The molecule has 1 N–H and O–H groups in total. The Kier molecular flexibility index (Phi) is 9.24. The van der Waals surface area contributed by atoms with Crippen molar-refractivity contribution >= 4 is 17.9 Å². The van der Waals surface area contributed by atoms with Gasteiger partial charge in [-0.1, -0.05) is 29.8 Å². The fourth-order valence-electron chi connectivity index (χ4n) is 5.13. The average molecular weight is 535 g/mol. The maximum Gasteiger partial charge on any atom is 0.338 e. The first-order chi connectivity index (χ1) is 18.9. The van der Waals surface area contributed by atoms with Crippen LogP contribution in [0.2, 0.25) is 0 Å². The zero-order chi connectivity index (χ0) is 27.9. The van der Waals surface area contributed by atoms with E-state index in [-0.39, 0.29) is 18.5 Å². The van der Waals surface area contributed by atoms with Crippen LogP contribution in [0.4, 0.5) is 4.79 Å². The lowest BCUT2D eigenvalue weighted by Gasteiger charge is -2.38. The molecular weight excluding hydrogens is 496 g/mol. The van der Waals surface area contributed by atoms with Gasteiger partial charge < -0.3 is 19.7 Å². The first kappa shape index (κ1) is 28.2. The van der Waals surface area contributed by atoms with Gasteiger partial charge in [-0.25, -0.2) is 9.59 Å². The Bertz CT molecular complexity index is 1210. The van der Waals surface area contributed by atoms with E-state index >= 15 is 0 Å². The summed E-state index contributed by atoms with van der Waals surface area (Å²) in [4.78, 5) is 45.4. The van der Waals surface area contributed by atoms with Crippen LogP contribution >= 0.6 is 0 Å². The summed E-state index contributed by atoms with van der Waals surface area (Å²) in [5.41, 5.74) is 3.64. The van der Waals surface area contributed by atoms with Crippen LogP contribution in [0, 0.1) is 6.92 Å². The molecular formula is C30H38N4O5. The van der Waals surface area contributed by atoms with E-state index in [1.165, 1.54) is 0 Å². The van der Waals surface area contributed by atoms with Crippen molar-refractivity contribution in [2.24, 2.45) is 0 Å². The number of carbonyl (C=O) groups excluding carboxylic acids is 3. The molecule has 39 heavy (non-hydrogen) atoms. The van der Waals surface area contributed by atoms with Crippen molar-refractivity contribution < 1.29 is 23.9 Å². The van der Waals surface area contributed by atoms with Gasteiger partial charge in [-0.05, 0) is 57.0 Å². The van der Waals surface area contributed by atoms with Crippen molar-refractivity contribution in [1.82, 2.24) is 20.0 Å². The van der Waals surface area contributed by atoms with E-state index in [2.05, 4.69) is 10.2 Å². The van der Waals surface area contributed by atoms with Crippen molar-refractivity contribution in [1.29, 1.82) is 0 Å². The van der Waals surface area contributed by atoms with Gasteiger partial charge in [0.2, 0.25) is 0 Å². The highest BCUT2D eigenvalue weighted by Gasteiger charge is 2.38. The summed E-state index contributed by atoms with van der Waals surface area (Å²) in [5.74, 6) is 0.264. The summed E-state index contributed by atoms with van der Waals surface area (Å²) in [6.45, 7) is 9.28. The molecule has 2 aromatic carbocycles. The third kappa shape index (κ3) is 6.42. The minimum Gasteiger partial charge on any atom is -0.497 e. The summed E-state index contributed by atoms with van der Waals surface area (Å²) in [6, 6.07) is 14.1. The number of ether oxygens (including phenoxy) is 2. The van der Waals surface area contributed by atoms with E-state index in [1.54, 1.807) is 18.9 Å². The average Bonchev–Trinajstić information content (AvgIpc) is 3.18. The van der Waals surface area contributed by atoms with E-state index in [4.69, 9.17) is 9.47 Å². The van der Waals surface area contributed by atoms with Gasteiger partial charge in [0.25, 0.3) is 5.91 Å². The number of benzene rings is 2. The summed E-state index contributed by atoms with van der Waals surface area (Å²) in [6.07, 6.45) is 0.792. The number of methoxy groups -OCH3 is 1. The number of nitrogens with one attached hydrogen (secondary N) is 1. The van der Waals surface area contributed by atoms with Crippen molar-refractivity contribution in [3.05, 3.63) is 76.5 Å². The number of carbonyl (C=O) groups is 3. The Morgan fingerprint density at radius 3 is 2.33 bits per heavy atom. The molecule has 0 saturated carbocycles. The summed E-state index contributed by atoms with van der Waals surface area (Å²) in [5, 5.41) is 3.00. The zero-order valence-electron chi connectivity index (χ0n) is 23.2. The van der Waals surface area contributed by atoms with Crippen molar-refractivity contribution in [2.75, 3.05) is 53.0 Å². The van der Waals surface area contributed by atoms with Gasteiger partial charge in [-0.2, -0.15) is 0 Å². The van der Waals surface area contributed by atoms with Crippen LogP contribution in [-0.4, -0.2) is 85.6 Å². The molecule has 208 valence electrons. The number of rotatable bonds is 8. The molecule has 0 aromatic heterocycles. The molecule has 2 heterocycles. The molecule has 9 nitrogen and oxygen atoms in total. The Hall–Kier alpha value is -3.85. The molecule has 1 saturated heterocycles. The monoisotopic (exact) mass is 534 g/mol. The number of amides is 3. The zero-order valence-corrected chi connectivity index (χ0v) is 23.2. The Balaban J connectivity index is 1.61. The predicted octanol–water partition coefficient (Wildman–Crippen LogP) is 3.76. The third-order valence-electron chi connectivity index (χ3n) is 7.25. The Morgan fingerprint density at radius 2 is 1.69 bits per heavy atom. The van der Waals surface area contributed by atoms with Gasteiger partial charge >= 0.3 is 12.0 Å². The van der Waals surface area contributed by atoms with Crippen LogP contribution in [-0.2, 0) is 9.53 Å². The first-order valence-corrected chi connectivity index (χ1v) is 13.6. The quantitative estimate of drug-likeness (QED) is 0.519. The number of nitrogens with zero attached hydrogens (tertiary/aromatic N) is 3. The van der Waals surface area contributed by atoms with Gasteiger partial charge in [0.1, 0.15) is 5.75 Å². The number of hydrogen-bond donors (Lipinski definition) is 1. The molecule has 1 fully saturated rings. The fraction of sp³-hybridized carbons (Fsp3) is 0.433. The van der Waals surface area contributed by atoms with Crippen molar-refractivity contribution in [3.63, 3.8) is 0 Å². The normalized spacial score (nSPS) is 18.5. The van der Waals surface area contributed by atoms with Gasteiger partial charge in [0.15, 0.2) is 0 Å². The number of urea groups is 1.